The number of thiophene rings is 1. The molecule has 3 rings (SSSR count). The van der Waals surface area contributed by atoms with Crippen molar-refractivity contribution in [2.24, 2.45) is 5.73 Å². The third-order valence-electron chi connectivity index (χ3n) is 5.31. The fraction of sp³-hybridized carbons (Fsp3) is 0.556. The van der Waals surface area contributed by atoms with Crippen molar-refractivity contribution in [3.8, 4) is 0 Å². The van der Waals surface area contributed by atoms with E-state index in [1.807, 2.05) is 11.3 Å². The van der Waals surface area contributed by atoms with Gasteiger partial charge in [0.05, 0.1) is 0 Å². The van der Waals surface area contributed by atoms with Crippen LogP contribution in [0.15, 0.2) is 29.6 Å². The molecule has 2 heterocycles. The van der Waals surface area contributed by atoms with Crippen LogP contribution >= 0.6 is 11.3 Å². The molecular formula is C18H26N2S. The number of nitrogens with zero attached hydrogens (tertiary/aromatic N) is 1. The first-order valence-corrected chi connectivity index (χ1v) is 9.01. The van der Waals surface area contributed by atoms with E-state index in [-0.39, 0.29) is 11.6 Å². The molecule has 114 valence electrons. The molecule has 2 N–H and O–H groups in total. The second-order valence-electron chi connectivity index (χ2n) is 6.42. The normalized spacial score (nSPS) is 21.3. The highest BCUT2D eigenvalue weighted by Gasteiger charge is 2.38. The quantitative estimate of drug-likeness (QED) is 0.897. The van der Waals surface area contributed by atoms with Gasteiger partial charge in [0.15, 0.2) is 0 Å². The molecule has 0 saturated carbocycles. The van der Waals surface area contributed by atoms with Crippen molar-refractivity contribution in [1.82, 2.24) is 4.90 Å². The van der Waals surface area contributed by atoms with Gasteiger partial charge in [0.25, 0.3) is 0 Å². The van der Waals surface area contributed by atoms with Gasteiger partial charge in [-0.2, -0.15) is 0 Å². The molecule has 1 fully saturated rings. The van der Waals surface area contributed by atoms with Crippen LogP contribution in [0.2, 0.25) is 0 Å². The summed E-state index contributed by atoms with van der Waals surface area (Å²) in [5.41, 5.74) is 8.18. The Labute approximate surface area is 131 Å². The molecule has 2 atom stereocenters. The van der Waals surface area contributed by atoms with E-state index in [0.717, 1.165) is 6.42 Å². The van der Waals surface area contributed by atoms with Crippen LogP contribution in [0.25, 0.3) is 10.1 Å². The van der Waals surface area contributed by atoms with Crippen LogP contribution in [0.4, 0.5) is 0 Å². The highest BCUT2D eigenvalue weighted by atomic mass is 32.1. The number of hydrogen-bond acceptors (Lipinski definition) is 3. The number of rotatable bonds is 4. The molecule has 1 aliphatic heterocycles. The number of likely N-dealkylation sites (tertiary alicyclic amines) is 1. The Balaban J connectivity index is 1.97. The zero-order valence-electron chi connectivity index (χ0n) is 13.1. The summed E-state index contributed by atoms with van der Waals surface area (Å²) < 4.78 is 1.36. The summed E-state index contributed by atoms with van der Waals surface area (Å²) in [5.74, 6) is 0. The lowest BCUT2D eigenvalue weighted by molar-refractivity contribution is 0.0547. The monoisotopic (exact) mass is 302 g/mol. The molecule has 2 nitrogen and oxygen atoms in total. The topological polar surface area (TPSA) is 29.3 Å². The van der Waals surface area contributed by atoms with Crippen LogP contribution in [-0.2, 0) is 0 Å². The molecule has 3 heteroatoms. The molecule has 1 saturated heterocycles. The van der Waals surface area contributed by atoms with Crippen LogP contribution in [0, 0.1) is 0 Å². The Morgan fingerprint density at radius 1 is 1.24 bits per heavy atom. The summed E-state index contributed by atoms with van der Waals surface area (Å²) in [6.07, 6.45) is 5.08. The van der Waals surface area contributed by atoms with Crippen LogP contribution in [0.5, 0.6) is 0 Å². The molecule has 0 spiro atoms. The SMILES string of the molecule is CCC(C)(C(N)c1cccc2ccsc12)N1CCCCC1. The zero-order chi connectivity index (χ0) is 14.9. The van der Waals surface area contributed by atoms with E-state index in [2.05, 4.69) is 48.4 Å². The number of nitrogens with two attached hydrogens (primary N) is 1. The summed E-state index contributed by atoms with van der Waals surface area (Å²) in [4.78, 5) is 2.63. The largest absolute Gasteiger partial charge is 0.322 e. The molecular weight excluding hydrogens is 276 g/mol. The number of hydrogen-bond donors (Lipinski definition) is 1. The smallest absolute Gasteiger partial charge is 0.0493 e. The maximum atomic E-state index is 6.81. The van der Waals surface area contributed by atoms with E-state index in [1.54, 1.807) is 0 Å². The van der Waals surface area contributed by atoms with Crippen LogP contribution < -0.4 is 5.73 Å². The van der Waals surface area contributed by atoms with E-state index in [9.17, 15) is 0 Å². The van der Waals surface area contributed by atoms with Crippen molar-refractivity contribution >= 4 is 21.4 Å². The molecule has 0 amide bonds. The van der Waals surface area contributed by atoms with E-state index < -0.39 is 0 Å². The van der Waals surface area contributed by atoms with E-state index in [0.29, 0.717) is 0 Å². The Morgan fingerprint density at radius 2 is 2.00 bits per heavy atom. The standard InChI is InChI=1S/C18H26N2S/c1-3-18(2,20-11-5-4-6-12-20)17(19)15-9-7-8-14-10-13-21-16(14)15/h7-10,13,17H,3-6,11-12,19H2,1-2H3. The van der Waals surface area contributed by atoms with Gasteiger partial charge in [0.1, 0.15) is 0 Å². The van der Waals surface area contributed by atoms with Gasteiger partial charge in [-0.25, -0.2) is 0 Å². The minimum Gasteiger partial charge on any atom is -0.322 e. The predicted molar refractivity (Wildman–Crippen MR) is 92.9 cm³/mol. The Kier molecular flexibility index (Phi) is 4.34. The maximum absolute atomic E-state index is 6.81. The summed E-state index contributed by atoms with van der Waals surface area (Å²) in [6, 6.07) is 8.83. The van der Waals surface area contributed by atoms with Gasteiger partial charge in [0, 0.05) is 16.3 Å². The van der Waals surface area contributed by atoms with Crippen LogP contribution in [-0.4, -0.2) is 23.5 Å². The minimum atomic E-state index is 0.0543. The number of piperidine rings is 1. The highest BCUT2D eigenvalue weighted by Crippen LogP contribution is 2.38. The van der Waals surface area contributed by atoms with Crippen molar-refractivity contribution in [2.45, 2.75) is 51.1 Å². The first kappa shape index (κ1) is 15.0. The van der Waals surface area contributed by atoms with Crippen LogP contribution in [0.1, 0.15) is 51.1 Å². The second kappa shape index (κ2) is 6.07. The molecule has 21 heavy (non-hydrogen) atoms. The summed E-state index contributed by atoms with van der Waals surface area (Å²) in [7, 11) is 0. The van der Waals surface area contributed by atoms with Crippen LogP contribution in [0.3, 0.4) is 0 Å². The third kappa shape index (κ3) is 2.63. The van der Waals surface area contributed by atoms with Gasteiger partial charge in [-0.1, -0.05) is 31.5 Å². The molecule has 0 aliphatic carbocycles. The summed E-state index contributed by atoms with van der Waals surface area (Å²) in [5, 5.41) is 3.50. The van der Waals surface area contributed by atoms with Gasteiger partial charge in [-0.3, -0.25) is 4.90 Å². The fourth-order valence-electron chi connectivity index (χ4n) is 3.64. The van der Waals surface area contributed by atoms with Gasteiger partial charge in [-0.15, -0.1) is 11.3 Å². The second-order valence-corrected chi connectivity index (χ2v) is 7.34. The lowest BCUT2D eigenvalue weighted by Crippen LogP contribution is -2.54. The highest BCUT2D eigenvalue weighted by molar-refractivity contribution is 7.17. The Bertz CT molecular complexity index is 600. The molecule has 0 radical (unpaired) electrons. The number of benzene rings is 1. The lowest BCUT2D eigenvalue weighted by Gasteiger charge is -2.47. The zero-order valence-corrected chi connectivity index (χ0v) is 14.0. The van der Waals surface area contributed by atoms with Crippen molar-refractivity contribution in [3.05, 3.63) is 35.2 Å². The van der Waals surface area contributed by atoms with Crippen molar-refractivity contribution in [2.75, 3.05) is 13.1 Å². The van der Waals surface area contributed by atoms with E-state index >= 15 is 0 Å². The van der Waals surface area contributed by atoms with E-state index in [1.165, 1.54) is 48.0 Å². The van der Waals surface area contributed by atoms with Gasteiger partial charge >= 0.3 is 0 Å². The molecule has 1 aliphatic rings. The van der Waals surface area contributed by atoms with Gasteiger partial charge in [0.2, 0.25) is 0 Å². The van der Waals surface area contributed by atoms with Crippen molar-refractivity contribution < 1.29 is 0 Å². The van der Waals surface area contributed by atoms with Gasteiger partial charge in [-0.05, 0) is 61.7 Å². The predicted octanol–water partition coefficient (Wildman–Crippen LogP) is 4.56. The third-order valence-corrected chi connectivity index (χ3v) is 6.29. The van der Waals surface area contributed by atoms with E-state index in [4.69, 9.17) is 5.73 Å². The Hall–Kier alpha value is -0.900. The van der Waals surface area contributed by atoms with Gasteiger partial charge < -0.3 is 5.73 Å². The molecule has 1 aromatic carbocycles. The summed E-state index contributed by atoms with van der Waals surface area (Å²) >= 11 is 1.82. The van der Waals surface area contributed by atoms with Crippen molar-refractivity contribution in [1.29, 1.82) is 0 Å². The minimum absolute atomic E-state index is 0.0543. The lowest BCUT2D eigenvalue weighted by atomic mass is 9.82. The summed E-state index contributed by atoms with van der Waals surface area (Å²) in [6.45, 7) is 7.02. The average Bonchev–Trinajstić information content (AvgIpc) is 3.02. The molecule has 2 aromatic rings. The molecule has 2 unspecified atom stereocenters. The average molecular weight is 302 g/mol. The molecule has 0 bridgehead atoms. The first-order valence-electron chi connectivity index (χ1n) is 8.13. The maximum Gasteiger partial charge on any atom is 0.0493 e. The fourth-order valence-corrected chi connectivity index (χ4v) is 4.60. The number of fused-ring (bicyclic) bond motifs is 1. The first-order chi connectivity index (χ1) is 10.2. The molecule has 1 aromatic heterocycles. The Morgan fingerprint density at radius 3 is 2.71 bits per heavy atom. The van der Waals surface area contributed by atoms with Crippen molar-refractivity contribution in [3.63, 3.8) is 0 Å².